The van der Waals surface area contributed by atoms with Gasteiger partial charge in [-0.3, -0.25) is 0 Å². The lowest BCUT2D eigenvalue weighted by Crippen LogP contribution is -1.79. The second kappa shape index (κ2) is 2.84. The number of rotatable bonds is 1. The van der Waals surface area contributed by atoms with Crippen molar-refractivity contribution in [2.45, 2.75) is 0 Å². The Morgan fingerprint density at radius 1 is 1.40 bits per heavy atom. The standard InChI is InChI=1S/C10H8N4O/c11-9-4-8(15-14-9)7-5-13-10-6(7)2-1-3-12-10/h1-5H,(H2,11,14)(H,12,13). The number of nitrogen functional groups attached to an aromatic ring is 1. The van der Waals surface area contributed by atoms with Crippen LogP contribution in [0.1, 0.15) is 0 Å². The molecule has 0 unspecified atom stereocenters. The molecule has 5 nitrogen and oxygen atoms in total. The first-order chi connectivity index (χ1) is 7.34. The number of aromatic amines is 1. The summed E-state index contributed by atoms with van der Waals surface area (Å²) in [6.07, 6.45) is 3.56. The molecule has 0 aliphatic carbocycles. The molecule has 3 rings (SSSR count). The number of anilines is 1. The maximum absolute atomic E-state index is 5.50. The molecule has 0 spiro atoms. The van der Waals surface area contributed by atoms with E-state index in [0.29, 0.717) is 11.6 Å². The van der Waals surface area contributed by atoms with Crippen molar-refractivity contribution in [2.75, 3.05) is 5.73 Å². The Balaban J connectivity index is 2.27. The number of nitrogens with zero attached hydrogens (tertiary/aromatic N) is 2. The van der Waals surface area contributed by atoms with Crippen molar-refractivity contribution in [1.29, 1.82) is 0 Å². The van der Waals surface area contributed by atoms with Gasteiger partial charge in [-0.15, -0.1) is 0 Å². The van der Waals surface area contributed by atoms with Gasteiger partial charge in [0, 0.05) is 29.4 Å². The summed E-state index contributed by atoms with van der Waals surface area (Å²) >= 11 is 0. The minimum atomic E-state index is 0.378. The summed E-state index contributed by atoms with van der Waals surface area (Å²) in [5.74, 6) is 1.02. The lowest BCUT2D eigenvalue weighted by atomic mass is 10.2. The predicted octanol–water partition coefficient (Wildman–Crippen LogP) is 1.80. The van der Waals surface area contributed by atoms with Gasteiger partial charge in [0.15, 0.2) is 11.6 Å². The number of nitrogens with one attached hydrogen (secondary N) is 1. The number of nitrogens with two attached hydrogens (primary N) is 1. The van der Waals surface area contributed by atoms with Gasteiger partial charge in [0.25, 0.3) is 0 Å². The average Bonchev–Trinajstić information content (AvgIpc) is 2.83. The topological polar surface area (TPSA) is 80.7 Å². The Labute approximate surface area is 84.9 Å². The van der Waals surface area contributed by atoms with Crippen LogP contribution in [0.2, 0.25) is 0 Å². The average molecular weight is 200 g/mol. The van der Waals surface area contributed by atoms with Gasteiger partial charge in [0.2, 0.25) is 0 Å². The molecule has 0 amide bonds. The van der Waals surface area contributed by atoms with E-state index in [1.165, 1.54) is 0 Å². The van der Waals surface area contributed by atoms with Crippen molar-refractivity contribution >= 4 is 16.9 Å². The lowest BCUT2D eigenvalue weighted by Gasteiger charge is -1.90. The molecule has 0 aliphatic rings. The number of H-pyrrole nitrogens is 1. The summed E-state index contributed by atoms with van der Waals surface area (Å²) in [7, 11) is 0. The number of hydrogen-bond donors (Lipinski definition) is 2. The Bertz CT molecular complexity index is 610. The molecular formula is C10H8N4O. The van der Waals surface area contributed by atoms with E-state index >= 15 is 0 Å². The highest BCUT2D eigenvalue weighted by Gasteiger charge is 2.10. The van der Waals surface area contributed by atoms with Crippen LogP contribution in [-0.2, 0) is 0 Å². The Morgan fingerprint density at radius 3 is 3.13 bits per heavy atom. The van der Waals surface area contributed by atoms with Gasteiger partial charge in [0.1, 0.15) is 5.65 Å². The van der Waals surface area contributed by atoms with Gasteiger partial charge in [0.05, 0.1) is 0 Å². The molecule has 0 saturated heterocycles. The molecule has 0 atom stereocenters. The third kappa shape index (κ3) is 1.17. The van der Waals surface area contributed by atoms with E-state index < -0.39 is 0 Å². The molecular weight excluding hydrogens is 192 g/mol. The number of aromatic nitrogens is 3. The molecule has 3 heterocycles. The molecule has 0 aromatic carbocycles. The highest BCUT2D eigenvalue weighted by Crippen LogP contribution is 2.28. The zero-order valence-electron chi connectivity index (χ0n) is 7.77. The summed E-state index contributed by atoms with van der Waals surface area (Å²) in [6.45, 7) is 0. The van der Waals surface area contributed by atoms with Crippen molar-refractivity contribution in [1.82, 2.24) is 15.1 Å². The van der Waals surface area contributed by atoms with Gasteiger partial charge >= 0.3 is 0 Å². The molecule has 3 N–H and O–H groups in total. The first-order valence-corrected chi connectivity index (χ1v) is 4.49. The van der Waals surface area contributed by atoms with Crippen LogP contribution in [0.15, 0.2) is 35.1 Å². The number of pyridine rings is 1. The minimum Gasteiger partial charge on any atom is -0.381 e. The van der Waals surface area contributed by atoms with E-state index in [1.54, 1.807) is 12.3 Å². The third-order valence-electron chi connectivity index (χ3n) is 2.24. The zero-order chi connectivity index (χ0) is 10.3. The Kier molecular flexibility index (Phi) is 1.53. The molecule has 0 aliphatic heterocycles. The van der Waals surface area contributed by atoms with Gasteiger partial charge in [-0.2, -0.15) is 0 Å². The molecule has 3 aromatic heterocycles. The largest absolute Gasteiger partial charge is 0.381 e. The smallest absolute Gasteiger partial charge is 0.171 e. The van der Waals surface area contributed by atoms with Crippen molar-refractivity contribution < 1.29 is 4.52 Å². The summed E-state index contributed by atoms with van der Waals surface area (Å²) < 4.78 is 5.09. The van der Waals surface area contributed by atoms with Gasteiger partial charge in [-0.1, -0.05) is 5.16 Å². The van der Waals surface area contributed by atoms with Crippen LogP contribution in [0.5, 0.6) is 0 Å². The fourth-order valence-electron chi connectivity index (χ4n) is 1.58. The molecule has 3 aromatic rings. The molecule has 0 radical (unpaired) electrons. The van der Waals surface area contributed by atoms with Gasteiger partial charge in [-0.25, -0.2) is 4.98 Å². The van der Waals surface area contributed by atoms with E-state index in [0.717, 1.165) is 16.6 Å². The van der Waals surface area contributed by atoms with Crippen LogP contribution in [-0.4, -0.2) is 15.1 Å². The second-order valence-electron chi connectivity index (χ2n) is 3.22. The maximum atomic E-state index is 5.50. The Hall–Kier alpha value is -2.30. The summed E-state index contributed by atoms with van der Waals surface area (Å²) in [6, 6.07) is 5.53. The number of fused-ring (bicyclic) bond motifs is 1. The van der Waals surface area contributed by atoms with Crippen LogP contribution in [0.3, 0.4) is 0 Å². The van der Waals surface area contributed by atoms with Crippen molar-refractivity contribution in [3.63, 3.8) is 0 Å². The van der Waals surface area contributed by atoms with E-state index in [4.69, 9.17) is 10.3 Å². The molecule has 74 valence electrons. The van der Waals surface area contributed by atoms with Crippen molar-refractivity contribution in [3.8, 4) is 11.3 Å². The van der Waals surface area contributed by atoms with Crippen molar-refractivity contribution in [3.05, 3.63) is 30.6 Å². The quantitative estimate of drug-likeness (QED) is 0.627. The summed E-state index contributed by atoms with van der Waals surface area (Å²) in [5.41, 5.74) is 7.24. The highest BCUT2D eigenvalue weighted by atomic mass is 16.5. The third-order valence-corrected chi connectivity index (χ3v) is 2.24. The van der Waals surface area contributed by atoms with Gasteiger partial charge < -0.3 is 15.2 Å². The maximum Gasteiger partial charge on any atom is 0.171 e. The first kappa shape index (κ1) is 8.05. The van der Waals surface area contributed by atoms with Crippen LogP contribution in [0.4, 0.5) is 5.82 Å². The normalized spacial score (nSPS) is 10.9. The van der Waals surface area contributed by atoms with Crippen LogP contribution in [0.25, 0.3) is 22.4 Å². The van der Waals surface area contributed by atoms with E-state index in [-0.39, 0.29) is 0 Å². The highest BCUT2D eigenvalue weighted by molar-refractivity contribution is 5.92. The first-order valence-electron chi connectivity index (χ1n) is 4.49. The lowest BCUT2D eigenvalue weighted by molar-refractivity contribution is 0.436. The van der Waals surface area contributed by atoms with Crippen molar-refractivity contribution in [2.24, 2.45) is 0 Å². The minimum absolute atomic E-state index is 0.378. The van der Waals surface area contributed by atoms with E-state index in [9.17, 15) is 0 Å². The summed E-state index contributed by atoms with van der Waals surface area (Å²) in [5, 5.41) is 4.64. The van der Waals surface area contributed by atoms with Gasteiger partial charge in [-0.05, 0) is 12.1 Å². The van der Waals surface area contributed by atoms with Crippen LogP contribution >= 0.6 is 0 Å². The zero-order valence-corrected chi connectivity index (χ0v) is 7.77. The Morgan fingerprint density at radius 2 is 2.33 bits per heavy atom. The second-order valence-corrected chi connectivity index (χ2v) is 3.22. The van der Waals surface area contributed by atoms with Crippen LogP contribution in [0, 0.1) is 0 Å². The van der Waals surface area contributed by atoms with E-state index in [2.05, 4.69) is 15.1 Å². The monoisotopic (exact) mass is 200 g/mol. The molecule has 0 fully saturated rings. The molecule has 5 heteroatoms. The van der Waals surface area contributed by atoms with E-state index in [1.807, 2.05) is 18.3 Å². The fourth-order valence-corrected chi connectivity index (χ4v) is 1.58. The molecule has 15 heavy (non-hydrogen) atoms. The number of hydrogen-bond acceptors (Lipinski definition) is 4. The summed E-state index contributed by atoms with van der Waals surface area (Å²) in [4.78, 5) is 7.24. The fraction of sp³-hybridized carbons (Fsp3) is 0. The predicted molar refractivity (Wildman–Crippen MR) is 56.0 cm³/mol. The molecule has 0 bridgehead atoms. The van der Waals surface area contributed by atoms with Crippen LogP contribution < -0.4 is 5.73 Å². The molecule has 0 saturated carbocycles. The SMILES string of the molecule is Nc1cc(-c2c[nH]c3ncccc23)on1.